The maximum absolute atomic E-state index is 11.6. The third kappa shape index (κ3) is 22.3. The second-order valence-corrected chi connectivity index (χ2v) is 9.79. The Morgan fingerprint density at radius 3 is 0.645 bits per heavy atom. The lowest BCUT2D eigenvalue weighted by atomic mass is 10.0. The van der Waals surface area contributed by atoms with Crippen molar-refractivity contribution in [3.63, 3.8) is 0 Å². The second kappa shape index (κ2) is 23.9. The van der Waals surface area contributed by atoms with Crippen molar-refractivity contribution in [2.24, 2.45) is 0 Å². The number of carbonyl (C=O) groups excluding carboxylic acids is 1. The van der Waals surface area contributed by atoms with Gasteiger partial charge in [0.05, 0.1) is 13.2 Å². The molecule has 1 aliphatic heterocycles. The zero-order valence-electron chi connectivity index (χ0n) is 20.8. The van der Waals surface area contributed by atoms with Gasteiger partial charge in [-0.25, -0.2) is 4.79 Å². The average molecular weight is 439 g/mol. The molecule has 0 N–H and O–H groups in total. The smallest absolute Gasteiger partial charge is 0.434 e. The van der Waals surface area contributed by atoms with Gasteiger partial charge in [-0.1, -0.05) is 148 Å². The number of ether oxygens (including phenoxy) is 2. The van der Waals surface area contributed by atoms with Gasteiger partial charge in [-0.15, -0.1) is 0 Å². The highest BCUT2D eigenvalue weighted by Crippen LogP contribution is 2.16. The fraction of sp³-hybridized carbons (Fsp3) is 0.964. The van der Waals surface area contributed by atoms with E-state index in [9.17, 15) is 4.79 Å². The molecular formula is C28H54O3. The van der Waals surface area contributed by atoms with Crippen molar-refractivity contribution in [1.29, 1.82) is 0 Å². The molecule has 1 aliphatic rings. The molecule has 0 aromatic heterocycles. The van der Waals surface area contributed by atoms with E-state index in [-0.39, 0.29) is 0 Å². The van der Waals surface area contributed by atoms with E-state index >= 15 is 0 Å². The lowest BCUT2D eigenvalue weighted by molar-refractivity contribution is 0.0529. The molecule has 0 radical (unpaired) electrons. The van der Waals surface area contributed by atoms with Gasteiger partial charge in [0.2, 0.25) is 0 Å². The summed E-state index contributed by atoms with van der Waals surface area (Å²) >= 11 is 0. The van der Waals surface area contributed by atoms with E-state index in [1.54, 1.807) is 0 Å². The summed E-state index contributed by atoms with van der Waals surface area (Å²) in [5.74, 6) is 0. The first-order valence-electron chi connectivity index (χ1n) is 14.2. The number of hydrogen-bond acceptors (Lipinski definition) is 3. The molecule has 3 nitrogen and oxygen atoms in total. The van der Waals surface area contributed by atoms with Crippen molar-refractivity contribution >= 4 is 6.16 Å². The quantitative estimate of drug-likeness (QED) is 0.353. The van der Waals surface area contributed by atoms with E-state index in [4.69, 9.17) is 9.47 Å². The SMILES string of the molecule is O=C1OCCCCCCCCCCCCCCCCCCCCCCCCCCCO1. The first-order valence-corrected chi connectivity index (χ1v) is 14.2. The Morgan fingerprint density at radius 1 is 0.290 bits per heavy atom. The number of hydrogen-bond donors (Lipinski definition) is 0. The van der Waals surface area contributed by atoms with Gasteiger partial charge in [0, 0.05) is 0 Å². The molecule has 0 spiro atoms. The van der Waals surface area contributed by atoms with Crippen LogP contribution in [0.3, 0.4) is 0 Å². The number of cyclic esters (lactones) is 2. The molecule has 1 fully saturated rings. The standard InChI is InChI=1S/C28H54O3/c29-28-30-26-24-22-20-18-16-14-12-10-8-6-4-2-1-3-5-7-9-11-13-15-17-19-21-23-25-27-31-28/h1-27H2. The second-order valence-electron chi connectivity index (χ2n) is 9.79. The van der Waals surface area contributed by atoms with Gasteiger partial charge in [0.1, 0.15) is 0 Å². The number of carbonyl (C=O) groups is 1. The van der Waals surface area contributed by atoms with Crippen molar-refractivity contribution in [3.8, 4) is 0 Å². The Kier molecular flexibility index (Phi) is 21.8. The van der Waals surface area contributed by atoms with E-state index < -0.39 is 6.16 Å². The summed E-state index contributed by atoms with van der Waals surface area (Å²) in [6.45, 7) is 1.03. The van der Waals surface area contributed by atoms with Crippen molar-refractivity contribution in [3.05, 3.63) is 0 Å². The van der Waals surface area contributed by atoms with Crippen molar-refractivity contribution in [1.82, 2.24) is 0 Å². The van der Waals surface area contributed by atoms with Crippen molar-refractivity contribution < 1.29 is 14.3 Å². The van der Waals surface area contributed by atoms with Crippen LogP contribution in [0.2, 0.25) is 0 Å². The summed E-state index contributed by atoms with van der Waals surface area (Å²) in [7, 11) is 0. The fourth-order valence-electron chi connectivity index (χ4n) is 4.62. The molecular weight excluding hydrogens is 384 g/mol. The molecule has 0 unspecified atom stereocenters. The van der Waals surface area contributed by atoms with Gasteiger partial charge in [0.15, 0.2) is 0 Å². The van der Waals surface area contributed by atoms with Crippen LogP contribution in [0, 0.1) is 0 Å². The van der Waals surface area contributed by atoms with E-state index in [1.165, 1.54) is 135 Å². The van der Waals surface area contributed by atoms with Crippen LogP contribution in [-0.4, -0.2) is 19.4 Å². The average Bonchev–Trinajstić information content (AvgIpc) is 2.77. The van der Waals surface area contributed by atoms with Gasteiger partial charge in [-0.05, 0) is 12.8 Å². The Hall–Kier alpha value is -0.730. The Labute approximate surface area is 194 Å². The Morgan fingerprint density at radius 2 is 0.452 bits per heavy atom. The summed E-state index contributed by atoms with van der Waals surface area (Å²) in [5, 5.41) is 0. The van der Waals surface area contributed by atoms with Gasteiger partial charge in [-0.3, -0.25) is 0 Å². The highest BCUT2D eigenvalue weighted by atomic mass is 16.7. The largest absolute Gasteiger partial charge is 0.508 e. The minimum atomic E-state index is -0.473. The maximum atomic E-state index is 11.6. The van der Waals surface area contributed by atoms with Crippen LogP contribution < -0.4 is 0 Å². The molecule has 0 bridgehead atoms. The summed E-state index contributed by atoms with van der Waals surface area (Å²) in [6.07, 6.45) is 33.2. The topological polar surface area (TPSA) is 35.5 Å². The molecule has 0 aromatic rings. The van der Waals surface area contributed by atoms with Crippen molar-refractivity contribution in [2.45, 2.75) is 161 Å². The van der Waals surface area contributed by atoms with Crippen LogP contribution in [0.15, 0.2) is 0 Å². The van der Waals surface area contributed by atoms with Gasteiger partial charge < -0.3 is 9.47 Å². The minimum Gasteiger partial charge on any atom is -0.434 e. The van der Waals surface area contributed by atoms with Gasteiger partial charge in [0.25, 0.3) is 0 Å². The van der Waals surface area contributed by atoms with E-state index in [0.717, 1.165) is 25.7 Å². The first kappa shape index (κ1) is 28.3. The lowest BCUT2D eigenvalue weighted by Gasteiger charge is -2.07. The van der Waals surface area contributed by atoms with Gasteiger partial charge >= 0.3 is 6.16 Å². The molecule has 1 saturated heterocycles. The molecule has 0 amide bonds. The van der Waals surface area contributed by atoms with E-state index in [0.29, 0.717) is 13.2 Å². The monoisotopic (exact) mass is 438 g/mol. The molecule has 0 aromatic carbocycles. The molecule has 3 heteroatoms. The molecule has 0 atom stereocenters. The van der Waals surface area contributed by atoms with Crippen molar-refractivity contribution in [2.75, 3.05) is 13.2 Å². The molecule has 31 heavy (non-hydrogen) atoms. The Balaban J connectivity index is 2.06. The summed E-state index contributed by atoms with van der Waals surface area (Å²) < 4.78 is 10.4. The highest BCUT2D eigenvalue weighted by molar-refractivity contribution is 5.59. The van der Waals surface area contributed by atoms with Crippen LogP contribution in [0.25, 0.3) is 0 Å². The van der Waals surface area contributed by atoms with Gasteiger partial charge in [-0.2, -0.15) is 0 Å². The molecule has 0 saturated carbocycles. The van der Waals surface area contributed by atoms with Crippen LogP contribution in [0.1, 0.15) is 161 Å². The number of rotatable bonds is 0. The van der Waals surface area contributed by atoms with Crippen LogP contribution >= 0.6 is 0 Å². The maximum Gasteiger partial charge on any atom is 0.508 e. The van der Waals surface area contributed by atoms with Crippen LogP contribution in [0.5, 0.6) is 0 Å². The predicted octanol–water partition coefficient (Wildman–Crippen LogP) is 9.91. The normalized spacial score (nSPS) is 23.2. The van der Waals surface area contributed by atoms with Crippen LogP contribution in [0.4, 0.5) is 4.79 Å². The third-order valence-corrected chi connectivity index (χ3v) is 6.73. The molecule has 1 rings (SSSR count). The molecule has 184 valence electrons. The molecule has 1 heterocycles. The summed E-state index contributed by atoms with van der Waals surface area (Å²) in [5.41, 5.74) is 0. The highest BCUT2D eigenvalue weighted by Gasteiger charge is 2.03. The summed E-state index contributed by atoms with van der Waals surface area (Å²) in [4.78, 5) is 11.6. The Bertz CT molecular complexity index is 337. The van der Waals surface area contributed by atoms with E-state index in [1.807, 2.05) is 0 Å². The van der Waals surface area contributed by atoms with Crippen LogP contribution in [-0.2, 0) is 9.47 Å². The zero-order valence-corrected chi connectivity index (χ0v) is 20.8. The van der Waals surface area contributed by atoms with E-state index in [2.05, 4.69) is 0 Å². The fourth-order valence-corrected chi connectivity index (χ4v) is 4.62. The first-order chi connectivity index (χ1) is 15.4. The zero-order chi connectivity index (χ0) is 22.1. The minimum absolute atomic E-state index is 0.473. The predicted molar refractivity (Wildman–Crippen MR) is 133 cm³/mol. The molecule has 0 aliphatic carbocycles. The summed E-state index contributed by atoms with van der Waals surface area (Å²) in [6, 6.07) is 0. The lowest BCUT2D eigenvalue weighted by Crippen LogP contribution is -2.09. The third-order valence-electron chi connectivity index (χ3n) is 6.73.